The molecule has 3 nitrogen and oxygen atoms in total. The third-order valence-corrected chi connectivity index (χ3v) is 4.71. The zero-order valence-corrected chi connectivity index (χ0v) is 14.8. The summed E-state index contributed by atoms with van der Waals surface area (Å²) in [4.78, 5) is 0. The Morgan fingerprint density at radius 2 is 1.46 bits per heavy atom. The van der Waals surface area contributed by atoms with E-state index in [9.17, 15) is 15.3 Å². The van der Waals surface area contributed by atoms with Crippen LogP contribution < -0.4 is 0 Å². The molecular formula is C21H28O3. The van der Waals surface area contributed by atoms with Crippen LogP contribution in [0.5, 0.6) is 17.2 Å². The van der Waals surface area contributed by atoms with E-state index < -0.39 is 0 Å². The van der Waals surface area contributed by atoms with Gasteiger partial charge in [0, 0.05) is 0 Å². The zero-order valence-electron chi connectivity index (χ0n) is 14.8. The lowest BCUT2D eigenvalue weighted by atomic mass is 9.82. The zero-order chi connectivity index (χ0) is 17.7. The molecule has 2 aromatic carbocycles. The summed E-state index contributed by atoms with van der Waals surface area (Å²) in [5.74, 6) is 0.548. The molecule has 0 saturated heterocycles. The van der Waals surface area contributed by atoms with Gasteiger partial charge in [-0.15, -0.1) is 0 Å². The molecule has 24 heavy (non-hydrogen) atoms. The second kappa shape index (κ2) is 8.09. The summed E-state index contributed by atoms with van der Waals surface area (Å²) in [5, 5.41) is 29.5. The van der Waals surface area contributed by atoms with Crippen molar-refractivity contribution in [1.82, 2.24) is 0 Å². The van der Waals surface area contributed by atoms with Crippen molar-refractivity contribution in [3.05, 3.63) is 41.5 Å². The van der Waals surface area contributed by atoms with Gasteiger partial charge < -0.3 is 15.3 Å². The molecule has 1 aliphatic carbocycles. The molecule has 0 heterocycles. The second-order valence-electron chi connectivity index (χ2n) is 6.26. The van der Waals surface area contributed by atoms with E-state index in [-0.39, 0.29) is 11.5 Å². The van der Waals surface area contributed by atoms with Crippen LogP contribution in [0.4, 0.5) is 0 Å². The highest BCUT2D eigenvalue weighted by atomic mass is 16.3. The van der Waals surface area contributed by atoms with Gasteiger partial charge in [0.2, 0.25) is 0 Å². The summed E-state index contributed by atoms with van der Waals surface area (Å²) in [5.41, 5.74) is 3.81. The predicted molar refractivity (Wildman–Crippen MR) is 98.8 cm³/mol. The number of aromatic hydroxyl groups is 3. The second-order valence-corrected chi connectivity index (χ2v) is 6.26. The van der Waals surface area contributed by atoms with Gasteiger partial charge in [-0.3, -0.25) is 0 Å². The summed E-state index contributed by atoms with van der Waals surface area (Å²) in [6.45, 7) is 5.95. The van der Waals surface area contributed by atoms with Gasteiger partial charge in [-0.2, -0.15) is 0 Å². The van der Waals surface area contributed by atoms with E-state index in [0.29, 0.717) is 11.7 Å². The summed E-state index contributed by atoms with van der Waals surface area (Å²) in [6.07, 6.45) is 5.95. The largest absolute Gasteiger partial charge is 0.508 e. The number of phenolic OH excluding ortho intramolecular Hbond substituents is 3. The highest BCUT2D eigenvalue weighted by molar-refractivity contribution is 5.72. The van der Waals surface area contributed by atoms with Gasteiger partial charge in [0.1, 0.15) is 5.75 Å². The lowest BCUT2D eigenvalue weighted by molar-refractivity contribution is 0.404. The molecule has 3 rings (SSSR count). The Bertz CT molecular complexity index is 686. The van der Waals surface area contributed by atoms with Crippen molar-refractivity contribution in [2.24, 2.45) is 0 Å². The van der Waals surface area contributed by atoms with Crippen molar-refractivity contribution in [3.8, 4) is 28.4 Å². The van der Waals surface area contributed by atoms with Crippen LogP contribution in [0.3, 0.4) is 0 Å². The Morgan fingerprint density at radius 3 is 2.08 bits per heavy atom. The van der Waals surface area contributed by atoms with Gasteiger partial charge in [0.15, 0.2) is 11.5 Å². The Balaban J connectivity index is 0.00000100. The first-order valence-corrected chi connectivity index (χ1v) is 8.92. The fraction of sp³-hybridized carbons (Fsp3) is 0.429. The minimum absolute atomic E-state index is 0.118. The van der Waals surface area contributed by atoms with Crippen LogP contribution in [0.25, 0.3) is 11.1 Å². The topological polar surface area (TPSA) is 60.7 Å². The summed E-state index contributed by atoms with van der Waals surface area (Å²) in [6, 6.07) is 8.71. The minimum atomic E-state index is -0.121. The average molecular weight is 328 g/mol. The van der Waals surface area contributed by atoms with Crippen molar-refractivity contribution in [3.63, 3.8) is 0 Å². The Labute approximate surface area is 144 Å². The normalized spacial score (nSPS) is 14.8. The lowest BCUT2D eigenvalue weighted by Crippen LogP contribution is -2.05. The fourth-order valence-corrected chi connectivity index (χ4v) is 3.45. The SMILES string of the molecule is CC.Cc1cc(O)c(C2CCCCC2)cc1-c1ccc(O)c(O)c1. The molecule has 0 bridgehead atoms. The predicted octanol–water partition coefficient (Wildman–Crippen LogP) is 5.85. The molecule has 2 aromatic rings. The van der Waals surface area contributed by atoms with Crippen molar-refractivity contribution < 1.29 is 15.3 Å². The molecule has 0 aliphatic heterocycles. The highest BCUT2D eigenvalue weighted by Crippen LogP contribution is 2.41. The average Bonchev–Trinajstić information content (AvgIpc) is 2.60. The molecule has 0 unspecified atom stereocenters. The maximum Gasteiger partial charge on any atom is 0.158 e. The van der Waals surface area contributed by atoms with Crippen molar-refractivity contribution >= 4 is 0 Å². The van der Waals surface area contributed by atoms with E-state index in [0.717, 1.165) is 35.1 Å². The molecule has 0 radical (unpaired) electrons. The van der Waals surface area contributed by atoms with E-state index in [1.165, 1.54) is 25.3 Å². The summed E-state index contributed by atoms with van der Waals surface area (Å²) >= 11 is 0. The van der Waals surface area contributed by atoms with Crippen molar-refractivity contribution in [2.45, 2.75) is 58.8 Å². The summed E-state index contributed by atoms with van der Waals surface area (Å²) in [7, 11) is 0. The van der Waals surface area contributed by atoms with Crippen molar-refractivity contribution in [1.29, 1.82) is 0 Å². The monoisotopic (exact) mass is 328 g/mol. The van der Waals surface area contributed by atoms with Gasteiger partial charge in [-0.1, -0.05) is 39.2 Å². The van der Waals surface area contributed by atoms with Crippen LogP contribution in [0.2, 0.25) is 0 Å². The summed E-state index contributed by atoms with van der Waals surface area (Å²) < 4.78 is 0. The molecule has 1 aliphatic rings. The van der Waals surface area contributed by atoms with Gasteiger partial charge in [0.05, 0.1) is 0 Å². The molecule has 3 heteroatoms. The number of hydrogen-bond donors (Lipinski definition) is 3. The first-order chi connectivity index (χ1) is 11.6. The Hall–Kier alpha value is -2.16. The van der Waals surface area contributed by atoms with Crippen LogP contribution in [0, 0.1) is 6.92 Å². The molecule has 0 amide bonds. The van der Waals surface area contributed by atoms with Crippen LogP contribution in [0.15, 0.2) is 30.3 Å². The molecule has 0 spiro atoms. The molecule has 3 N–H and O–H groups in total. The van der Waals surface area contributed by atoms with E-state index in [1.54, 1.807) is 12.1 Å². The van der Waals surface area contributed by atoms with Gasteiger partial charge in [-0.05, 0) is 72.2 Å². The third-order valence-electron chi connectivity index (χ3n) is 4.71. The molecule has 0 aromatic heterocycles. The number of phenols is 3. The van der Waals surface area contributed by atoms with E-state index in [4.69, 9.17) is 0 Å². The first kappa shape index (κ1) is 18.2. The standard InChI is InChI=1S/C19H22O3.C2H6/c1-12-9-18(21)16(13-5-3-2-4-6-13)11-15(12)14-7-8-17(20)19(22)10-14;1-2/h7-11,13,20-22H,2-6H2,1H3;1-2H3. The Kier molecular flexibility index (Phi) is 6.13. The van der Waals surface area contributed by atoms with E-state index in [1.807, 2.05) is 32.9 Å². The van der Waals surface area contributed by atoms with Crippen LogP contribution in [-0.2, 0) is 0 Å². The number of hydrogen-bond acceptors (Lipinski definition) is 3. The number of benzene rings is 2. The maximum absolute atomic E-state index is 10.3. The molecule has 1 fully saturated rings. The van der Waals surface area contributed by atoms with E-state index in [2.05, 4.69) is 0 Å². The van der Waals surface area contributed by atoms with Gasteiger partial charge in [-0.25, -0.2) is 0 Å². The lowest BCUT2D eigenvalue weighted by Gasteiger charge is -2.24. The van der Waals surface area contributed by atoms with Crippen LogP contribution in [-0.4, -0.2) is 15.3 Å². The minimum Gasteiger partial charge on any atom is -0.508 e. The first-order valence-electron chi connectivity index (χ1n) is 8.92. The van der Waals surface area contributed by atoms with Crippen molar-refractivity contribution in [2.75, 3.05) is 0 Å². The van der Waals surface area contributed by atoms with E-state index >= 15 is 0 Å². The van der Waals surface area contributed by atoms with Gasteiger partial charge >= 0.3 is 0 Å². The smallest absolute Gasteiger partial charge is 0.158 e. The third kappa shape index (κ3) is 3.84. The number of rotatable bonds is 2. The Morgan fingerprint density at radius 1 is 0.792 bits per heavy atom. The number of aryl methyl sites for hydroxylation is 1. The molecule has 0 atom stereocenters. The fourth-order valence-electron chi connectivity index (χ4n) is 3.45. The molecular weight excluding hydrogens is 300 g/mol. The molecule has 1 saturated carbocycles. The maximum atomic E-state index is 10.3. The van der Waals surface area contributed by atoms with Gasteiger partial charge in [0.25, 0.3) is 0 Å². The quantitative estimate of drug-likeness (QED) is 0.606. The highest BCUT2D eigenvalue weighted by Gasteiger charge is 2.20. The van der Waals surface area contributed by atoms with Crippen LogP contribution in [0.1, 0.15) is 63.0 Å². The molecule has 130 valence electrons. The van der Waals surface area contributed by atoms with Crippen LogP contribution >= 0.6 is 0 Å².